The molecule has 30 heavy (non-hydrogen) atoms. The molecule has 0 N–H and O–H groups in total. The second kappa shape index (κ2) is 10.5. The van der Waals surface area contributed by atoms with Crippen molar-refractivity contribution in [1.29, 1.82) is 0 Å². The number of imidazole rings is 1. The molecule has 0 aliphatic heterocycles. The van der Waals surface area contributed by atoms with Gasteiger partial charge in [-0.1, -0.05) is 72.0 Å². The minimum absolute atomic E-state index is 0.423. The smallest absolute Gasteiger partial charge is 0.160 e. The lowest BCUT2D eigenvalue weighted by Crippen LogP contribution is -2.21. The van der Waals surface area contributed by atoms with E-state index >= 15 is 0 Å². The molecule has 1 aromatic carbocycles. The van der Waals surface area contributed by atoms with Crippen molar-refractivity contribution in [2.75, 3.05) is 25.5 Å². The van der Waals surface area contributed by atoms with Crippen LogP contribution in [0.4, 0.5) is 5.82 Å². The molecular weight excluding hydrogens is 368 g/mol. The Labute approximate surface area is 183 Å². The Morgan fingerprint density at radius 2 is 1.83 bits per heavy atom. The summed E-state index contributed by atoms with van der Waals surface area (Å²) in [5.74, 6) is 2.96. The van der Waals surface area contributed by atoms with Gasteiger partial charge in [-0.05, 0) is 36.4 Å². The number of benzene rings is 1. The molecule has 0 radical (unpaired) electrons. The molecular formula is C26H40N4. The fourth-order valence-electron chi connectivity index (χ4n) is 3.72. The fourth-order valence-corrected chi connectivity index (χ4v) is 3.72. The Morgan fingerprint density at radius 3 is 2.40 bits per heavy atom. The van der Waals surface area contributed by atoms with Crippen molar-refractivity contribution in [1.82, 2.24) is 14.5 Å². The summed E-state index contributed by atoms with van der Waals surface area (Å²) in [6, 6.07) is 8.64. The highest BCUT2D eigenvalue weighted by Crippen LogP contribution is 2.36. The van der Waals surface area contributed by atoms with Gasteiger partial charge in [0.2, 0.25) is 0 Å². The van der Waals surface area contributed by atoms with Crippen LogP contribution in [-0.4, -0.2) is 35.1 Å². The van der Waals surface area contributed by atoms with Crippen LogP contribution in [0.5, 0.6) is 0 Å². The minimum Gasteiger partial charge on any atom is -0.373 e. The largest absolute Gasteiger partial charge is 0.373 e. The molecule has 0 unspecified atom stereocenters. The summed E-state index contributed by atoms with van der Waals surface area (Å²) in [6.07, 6.45) is 3.98. The molecule has 164 valence electrons. The third kappa shape index (κ3) is 5.16. The minimum atomic E-state index is 0.423. The van der Waals surface area contributed by atoms with Crippen LogP contribution in [0.25, 0.3) is 17.1 Å². The van der Waals surface area contributed by atoms with Gasteiger partial charge in [0, 0.05) is 32.7 Å². The van der Waals surface area contributed by atoms with E-state index in [2.05, 4.69) is 88.6 Å². The molecule has 1 heterocycles. The van der Waals surface area contributed by atoms with Crippen molar-refractivity contribution in [3.63, 3.8) is 0 Å². The molecule has 0 saturated carbocycles. The summed E-state index contributed by atoms with van der Waals surface area (Å²) in [5.41, 5.74) is 4.61. The first-order valence-corrected chi connectivity index (χ1v) is 11.2. The zero-order valence-corrected chi connectivity index (χ0v) is 20.1. The molecule has 0 bridgehead atoms. The van der Waals surface area contributed by atoms with Crippen molar-refractivity contribution in [3.05, 3.63) is 54.9 Å². The van der Waals surface area contributed by atoms with E-state index in [0.717, 1.165) is 49.0 Å². The van der Waals surface area contributed by atoms with Crippen molar-refractivity contribution < 1.29 is 0 Å². The standard InChI is InChI=1S/C26H40N4/c1-10-17-29(9)21(7)24-26(28(8)11-2)27-25(30(24)18-16-19(3)4)23-15-13-12-14-22(23)20(5)6/h11-15,19-20H,2,7,10,16-18H2,1,3-6,8-9H3. The molecule has 2 rings (SSSR count). The van der Waals surface area contributed by atoms with Gasteiger partial charge in [-0.25, -0.2) is 4.98 Å². The molecule has 0 fully saturated rings. The maximum atomic E-state index is 5.17. The summed E-state index contributed by atoms with van der Waals surface area (Å²) >= 11 is 0. The normalized spacial score (nSPS) is 11.2. The summed E-state index contributed by atoms with van der Waals surface area (Å²) in [4.78, 5) is 9.41. The molecule has 0 spiro atoms. The lowest BCUT2D eigenvalue weighted by molar-refractivity contribution is 0.467. The third-order valence-electron chi connectivity index (χ3n) is 5.60. The molecule has 4 nitrogen and oxygen atoms in total. The highest BCUT2D eigenvalue weighted by molar-refractivity contribution is 5.76. The number of rotatable bonds is 11. The van der Waals surface area contributed by atoms with E-state index in [-0.39, 0.29) is 0 Å². The van der Waals surface area contributed by atoms with Crippen LogP contribution < -0.4 is 4.90 Å². The second-order valence-corrected chi connectivity index (χ2v) is 8.85. The van der Waals surface area contributed by atoms with Gasteiger partial charge >= 0.3 is 0 Å². The van der Waals surface area contributed by atoms with Crippen LogP contribution in [0.1, 0.15) is 64.6 Å². The van der Waals surface area contributed by atoms with Crippen LogP contribution in [0, 0.1) is 5.92 Å². The number of anilines is 1. The number of aromatic nitrogens is 2. The molecule has 0 atom stereocenters. The average Bonchev–Trinajstić information content (AvgIpc) is 3.10. The van der Waals surface area contributed by atoms with Crippen molar-refractivity contribution in [3.8, 4) is 11.4 Å². The van der Waals surface area contributed by atoms with E-state index in [1.165, 1.54) is 11.1 Å². The van der Waals surface area contributed by atoms with E-state index in [1.54, 1.807) is 0 Å². The van der Waals surface area contributed by atoms with Crippen LogP contribution in [0.2, 0.25) is 0 Å². The first-order valence-electron chi connectivity index (χ1n) is 11.2. The van der Waals surface area contributed by atoms with E-state index < -0.39 is 0 Å². The Bertz CT molecular complexity index is 860. The molecule has 2 aromatic rings. The van der Waals surface area contributed by atoms with Gasteiger partial charge in [0.05, 0.1) is 5.70 Å². The van der Waals surface area contributed by atoms with Crippen molar-refractivity contribution in [2.45, 2.75) is 59.9 Å². The predicted octanol–water partition coefficient (Wildman–Crippen LogP) is 6.61. The number of hydrogen-bond acceptors (Lipinski definition) is 3. The first-order chi connectivity index (χ1) is 14.2. The average molecular weight is 409 g/mol. The maximum absolute atomic E-state index is 5.17. The monoisotopic (exact) mass is 408 g/mol. The van der Waals surface area contributed by atoms with Gasteiger partial charge in [-0.2, -0.15) is 0 Å². The molecule has 0 aliphatic rings. The first kappa shape index (κ1) is 23.8. The highest BCUT2D eigenvalue weighted by Gasteiger charge is 2.25. The number of nitrogens with zero attached hydrogens (tertiary/aromatic N) is 4. The van der Waals surface area contributed by atoms with E-state index in [4.69, 9.17) is 4.98 Å². The van der Waals surface area contributed by atoms with Crippen molar-refractivity contribution >= 4 is 11.5 Å². The van der Waals surface area contributed by atoms with Crippen LogP contribution in [-0.2, 0) is 6.54 Å². The Morgan fingerprint density at radius 1 is 1.17 bits per heavy atom. The fraction of sp³-hybridized carbons (Fsp3) is 0.500. The molecule has 1 aromatic heterocycles. The van der Waals surface area contributed by atoms with Gasteiger partial charge in [0.25, 0.3) is 0 Å². The van der Waals surface area contributed by atoms with Gasteiger partial charge < -0.3 is 14.4 Å². The lowest BCUT2D eigenvalue weighted by atomic mass is 9.96. The quantitative estimate of drug-likeness (QED) is 0.418. The van der Waals surface area contributed by atoms with E-state index in [1.807, 2.05) is 18.1 Å². The van der Waals surface area contributed by atoms with Gasteiger partial charge in [0.15, 0.2) is 5.82 Å². The summed E-state index contributed by atoms with van der Waals surface area (Å²) in [5, 5.41) is 0. The zero-order chi connectivity index (χ0) is 22.4. The zero-order valence-electron chi connectivity index (χ0n) is 20.1. The van der Waals surface area contributed by atoms with Crippen LogP contribution in [0.15, 0.2) is 43.6 Å². The Balaban J connectivity index is 2.79. The van der Waals surface area contributed by atoms with Gasteiger partial charge in [0.1, 0.15) is 11.5 Å². The van der Waals surface area contributed by atoms with Crippen LogP contribution in [0.3, 0.4) is 0 Å². The SMILES string of the molecule is C=CN(C)c1nc(-c2ccccc2C(C)C)n(CCC(C)C)c1C(=C)N(C)CCC. The maximum Gasteiger partial charge on any atom is 0.160 e. The summed E-state index contributed by atoms with van der Waals surface area (Å²) < 4.78 is 2.38. The Kier molecular flexibility index (Phi) is 8.33. The van der Waals surface area contributed by atoms with Crippen LogP contribution >= 0.6 is 0 Å². The molecule has 4 heteroatoms. The topological polar surface area (TPSA) is 24.3 Å². The van der Waals surface area contributed by atoms with Gasteiger partial charge in [-0.15, -0.1) is 0 Å². The van der Waals surface area contributed by atoms with E-state index in [9.17, 15) is 0 Å². The predicted molar refractivity (Wildman–Crippen MR) is 132 cm³/mol. The lowest BCUT2D eigenvalue weighted by Gasteiger charge is -2.25. The molecule has 0 amide bonds. The highest BCUT2D eigenvalue weighted by atomic mass is 15.3. The Hall–Kier alpha value is -2.49. The second-order valence-electron chi connectivity index (χ2n) is 8.85. The summed E-state index contributed by atoms with van der Waals surface area (Å²) in [6.45, 7) is 21.6. The molecule has 0 aliphatic carbocycles. The molecule has 0 saturated heterocycles. The van der Waals surface area contributed by atoms with Gasteiger partial charge in [-0.3, -0.25) is 0 Å². The number of hydrogen-bond donors (Lipinski definition) is 0. The summed E-state index contributed by atoms with van der Waals surface area (Å²) in [7, 11) is 4.13. The third-order valence-corrected chi connectivity index (χ3v) is 5.60. The van der Waals surface area contributed by atoms with E-state index in [0.29, 0.717) is 11.8 Å². The van der Waals surface area contributed by atoms with Crippen molar-refractivity contribution in [2.24, 2.45) is 5.92 Å².